The molecular weight excluding hydrogens is 412 g/mol. The molecular formula is C28H26N2O3. The van der Waals surface area contributed by atoms with Crippen LogP contribution in [0.4, 0.5) is 11.4 Å². The molecule has 1 amide bonds. The summed E-state index contributed by atoms with van der Waals surface area (Å²) in [6.45, 7) is 4.13. The monoisotopic (exact) mass is 438 g/mol. The normalized spacial score (nSPS) is 13.8. The van der Waals surface area contributed by atoms with Gasteiger partial charge in [0.15, 0.2) is 5.43 Å². The third-order valence-corrected chi connectivity index (χ3v) is 6.16. The third-order valence-electron chi connectivity index (χ3n) is 6.16. The first kappa shape index (κ1) is 21.0. The predicted octanol–water partition coefficient (Wildman–Crippen LogP) is 6.01. The highest BCUT2D eigenvalue weighted by atomic mass is 16.3. The molecule has 33 heavy (non-hydrogen) atoms. The van der Waals surface area contributed by atoms with Gasteiger partial charge in [-0.25, -0.2) is 0 Å². The van der Waals surface area contributed by atoms with Crippen molar-refractivity contribution in [3.8, 4) is 11.3 Å². The van der Waals surface area contributed by atoms with Crippen molar-refractivity contribution >= 4 is 28.3 Å². The Labute approximate surface area is 192 Å². The number of aryl methyl sites for hydroxylation is 1. The fraction of sp³-hybridized carbons (Fsp3) is 0.214. The minimum absolute atomic E-state index is 0.0789. The van der Waals surface area contributed by atoms with Crippen LogP contribution in [-0.4, -0.2) is 19.0 Å². The highest BCUT2D eigenvalue weighted by molar-refractivity contribution is 6.04. The quantitative estimate of drug-likeness (QED) is 0.424. The smallest absolute Gasteiger partial charge is 0.255 e. The summed E-state index contributed by atoms with van der Waals surface area (Å²) in [5.41, 5.74) is 4.74. The molecule has 1 fully saturated rings. The first-order valence-electron chi connectivity index (χ1n) is 11.4. The average Bonchev–Trinajstić information content (AvgIpc) is 2.85. The molecule has 1 aromatic heterocycles. The molecule has 5 nitrogen and oxygen atoms in total. The molecule has 0 atom stereocenters. The molecule has 1 aliphatic heterocycles. The maximum Gasteiger partial charge on any atom is 0.255 e. The Bertz CT molecular complexity index is 1350. The van der Waals surface area contributed by atoms with Crippen LogP contribution in [0.25, 0.3) is 22.3 Å². The van der Waals surface area contributed by atoms with Gasteiger partial charge in [0.25, 0.3) is 5.91 Å². The van der Waals surface area contributed by atoms with Crippen LogP contribution in [0.3, 0.4) is 0 Å². The number of nitrogens with one attached hydrogen (secondary N) is 1. The summed E-state index contributed by atoms with van der Waals surface area (Å²) in [4.78, 5) is 27.6. The topological polar surface area (TPSA) is 62.6 Å². The number of hydrogen-bond acceptors (Lipinski definition) is 4. The van der Waals surface area contributed by atoms with Crippen LogP contribution < -0.4 is 15.6 Å². The third kappa shape index (κ3) is 4.53. The molecule has 4 aromatic rings. The molecule has 5 heteroatoms. The predicted molar refractivity (Wildman–Crippen MR) is 133 cm³/mol. The number of nitrogens with zero attached hydrogens (tertiary/aromatic N) is 1. The summed E-state index contributed by atoms with van der Waals surface area (Å²) in [7, 11) is 0. The Balaban J connectivity index is 1.30. The SMILES string of the molecule is Cc1ccc2oc(-c3ccc(C(=O)Nc4ccc(N5CCCCC5)cc4)cc3)cc(=O)c2c1. The van der Waals surface area contributed by atoms with Crippen molar-refractivity contribution < 1.29 is 9.21 Å². The zero-order chi connectivity index (χ0) is 22.8. The van der Waals surface area contributed by atoms with Crippen molar-refractivity contribution in [2.75, 3.05) is 23.3 Å². The maximum absolute atomic E-state index is 12.7. The summed E-state index contributed by atoms with van der Waals surface area (Å²) in [5.74, 6) is 0.305. The van der Waals surface area contributed by atoms with Gasteiger partial charge in [-0.05, 0) is 74.7 Å². The number of carbonyl (C=O) groups is 1. The average molecular weight is 439 g/mol. The van der Waals surface area contributed by atoms with Gasteiger partial charge in [-0.3, -0.25) is 9.59 Å². The van der Waals surface area contributed by atoms with Crippen LogP contribution in [0.1, 0.15) is 35.2 Å². The number of hydrogen-bond donors (Lipinski definition) is 1. The number of rotatable bonds is 4. The van der Waals surface area contributed by atoms with E-state index in [9.17, 15) is 9.59 Å². The van der Waals surface area contributed by atoms with E-state index in [-0.39, 0.29) is 11.3 Å². The molecule has 1 N–H and O–H groups in total. The van der Waals surface area contributed by atoms with E-state index in [2.05, 4.69) is 22.3 Å². The van der Waals surface area contributed by atoms with Gasteiger partial charge in [-0.15, -0.1) is 0 Å². The lowest BCUT2D eigenvalue weighted by molar-refractivity contribution is 0.102. The first-order chi connectivity index (χ1) is 16.1. The lowest BCUT2D eigenvalue weighted by Crippen LogP contribution is -2.29. The Morgan fingerprint density at radius 3 is 2.33 bits per heavy atom. The summed E-state index contributed by atoms with van der Waals surface area (Å²) < 4.78 is 5.94. The number of amides is 1. The van der Waals surface area contributed by atoms with Crippen LogP contribution in [-0.2, 0) is 0 Å². The van der Waals surface area contributed by atoms with Gasteiger partial charge in [0.05, 0.1) is 5.39 Å². The van der Waals surface area contributed by atoms with Crippen molar-refractivity contribution in [2.45, 2.75) is 26.2 Å². The summed E-state index contributed by atoms with van der Waals surface area (Å²) in [6, 6.07) is 22.2. The molecule has 0 bridgehead atoms. The van der Waals surface area contributed by atoms with Gasteiger partial charge in [-0.1, -0.05) is 23.8 Å². The molecule has 5 rings (SSSR count). The van der Waals surface area contributed by atoms with E-state index in [1.165, 1.54) is 31.0 Å². The van der Waals surface area contributed by atoms with Gasteiger partial charge in [0.1, 0.15) is 11.3 Å². The number of anilines is 2. The van der Waals surface area contributed by atoms with Crippen LogP contribution in [0.15, 0.2) is 82.0 Å². The van der Waals surface area contributed by atoms with Crippen molar-refractivity contribution in [1.82, 2.24) is 0 Å². The summed E-state index contributed by atoms with van der Waals surface area (Å²) >= 11 is 0. The number of carbonyl (C=O) groups excluding carboxylic acids is 1. The summed E-state index contributed by atoms with van der Waals surface area (Å²) in [5, 5.41) is 3.53. The molecule has 0 radical (unpaired) electrons. The van der Waals surface area contributed by atoms with Crippen LogP contribution in [0, 0.1) is 6.92 Å². The molecule has 1 aliphatic rings. The van der Waals surface area contributed by atoms with Gasteiger partial charge >= 0.3 is 0 Å². The van der Waals surface area contributed by atoms with Gasteiger partial charge < -0.3 is 14.6 Å². The van der Waals surface area contributed by atoms with E-state index in [0.29, 0.717) is 22.3 Å². The van der Waals surface area contributed by atoms with Gasteiger partial charge in [0, 0.05) is 41.7 Å². The number of piperidine rings is 1. The molecule has 2 heterocycles. The lowest BCUT2D eigenvalue weighted by atomic mass is 10.1. The Morgan fingerprint density at radius 2 is 1.61 bits per heavy atom. The van der Waals surface area contributed by atoms with E-state index in [4.69, 9.17) is 4.42 Å². The number of benzene rings is 3. The van der Waals surface area contributed by atoms with Crippen LogP contribution >= 0.6 is 0 Å². The molecule has 0 spiro atoms. The minimum atomic E-state index is -0.178. The second-order valence-electron chi connectivity index (χ2n) is 8.60. The lowest BCUT2D eigenvalue weighted by Gasteiger charge is -2.28. The summed E-state index contributed by atoms with van der Waals surface area (Å²) in [6.07, 6.45) is 3.77. The standard InChI is InChI=1S/C28H26N2O3/c1-19-5-14-26-24(17-19)25(31)18-27(33-26)20-6-8-21(9-7-20)28(32)29-22-10-12-23(13-11-22)30-15-3-2-4-16-30/h5-14,17-18H,2-4,15-16H2,1H3,(H,29,32). The van der Waals surface area contributed by atoms with E-state index >= 15 is 0 Å². The van der Waals surface area contributed by atoms with Gasteiger partial charge in [-0.2, -0.15) is 0 Å². The van der Waals surface area contributed by atoms with Crippen molar-refractivity contribution in [3.05, 3.63) is 94.1 Å². The molecule has 0 saturated carbocycles. The molecule has 0 unspecified atom stereocenters. The Morgan fingerprint density at radius 1 is 0.879 bits per heavy atom. The second-order valence-corrected chi connectivity index (χ2v) is 8.60. The van der Waals surface area contributed by atoms with E-state index in [1.54, 1.807) is 24.3 Å². The fourth-order valence-corrected chi connectivity index (χ4v) is 4.31. The van der Waals surface area contributed by atoms with Crippen molar-refractivity contribution in [3.63, 3.8) is 0 Å². The van der Waals surface area contributed by atoms with Crippen LogP contribution in [0.2, 0.25) is 0 Å². The zero-order valence-electron chi connectivity index (χ0n) is 18.6. The van der Waals surface area contributed by atoms with Gasteiger partial charge in [0.2, 0.25) is 0 Å². The molecule has 0 aliphatic carbocycles. The van der Waals surface area contributed by atoms with E-state index < -0.39 is 0 Å². The molecule has 1 saturated heterocycles. The maximum atomic E-state index is 12.7. The van der Waals surface area contributed by atoms with Crippen molar-refractivity contribution in [2.24, 2.45) is 0 Å². The minimum Gasteiger partial charge on any atom is -0.456 e. The van der Waals surface area contributed by atoms with E-state index in [1.807, 2.05) is 37.3 Å². The Kier molecular flexibility index (Phi) is 5.69. The fourth-order valence-electron chi connectivity index (χ4n) is 4.31. The van der Waals surface area contributed by atoms with E-state index in [0.717, 1.165) is 29.9 Å². The van der Waals surface area contributed by atoms with Crippen molar-refractivity contribution in [1.29, 1.82) is 0 Å². The Hall–Kier alpha value is -3.86. The largest absolute Gasteiger partial charge is 0.456 e. The van der Waals surface area contributed by atoms with Crippen LogP contribution in [0.5, 0.6) is 0 Å². The highest BCUT2D eigenvalue weighted by Crippen LogP contribution is 2.24. The first-order valence-corrected chi connectivity index (χ1v) is 11.4. The second kappa shape index (κ2) is 8.94. The molecule has 3 aromatic carbocycles. The highest BCUT2D eigenvalue weighted by Gasteiger charge is 2.12. The number of fused-ring (bicyclic) bond motifs is 1. The zero-order valence-corrected chi connectivity index (χ0v) is 18.6. The molecule has 166 valence electrons.